The summed E-state index contributed by atoms with van der Waals surface area (Å²) in [5, 5.41) is 13.0. The number of aromatic nitrogens is 2. The largest absolute Gasteiger partial charge is 0.486 e. The molecule has 0 unspecified atom stereocenters. The zero-order valence-corrected chi connectivity index (χ0v) is 13.0. The van der Waals surface area contributed by atoms with Crippen molar-refractivity contribution in [1.82, 2.24) is 10.2 Å². The lowest BCUT2D eigenvalue weighted by Gasteiger charge is -2.18. The molecule has 0 saturated carbocycles. The van der Waals surface area contributed by atoms with E-state index in [4.69, 9.17) is 9.47 Å². The molecule has 0 fully saturated rings. The van der Waals surface area contributed by atoms with Crippen LogP contribution in [0.1, 0.15) is 0 Å². The van der Waals surface area contributed by atoms with Crippen molar-refractivity contribution in [3.63, 3.8) is 0 Å². The van der Waals surface area contributed by atoms with Crippen molar-refractivity contribution < 1.29 is 13.9 Å². The molecule has 2 N–H and O–H groups in total. The second-order valence-electron chi connectivity index (χ2n) is 5.31. The molecule has 1 aliphatic rings. The highest BCUT2D eigenvalue weighted by molar-refractivity contribution is 5.73. The predicted molar refractivity (Wildman–Crippen MR) is 88.4 cm³/mol. The Balaban J connectivity index is 1.73. The van der Waals surface area contributed by atoms with E-state index in [9.17, 15) is 9.18 Å². The van der Waals surface area contributed by atoms with E-state index in [1.165, 1.54) is 12.1 Å². The summed E-state index contributed by atoms with van der Waals surface area (Å²) in [6.45, 7) is 0.954. The summed E-state index contributed by atoms with van der Waals surface area (Å²) >= 11 is 0. The number of nitrogens with one attached hydrogen (secondary N) is 2. The molecule has 126 valence electrons. The maximum Gasteiger partial charge on any atom is 0.292 e. The van der Waals surface area contributed by atoms with Crippen molar-refractivity contribution in [2.75, 3.05) is 13.2 Å². The third-order valence-electron chi connectivity index (χ3n) is 3.69. The summed E-state index contributed by atoms with van der Waals surface area (Å²) in [7, 11) is 0. The Labute approximate surface area is 141 Å². The Morgan fingerprint density at radius 3 is 2.60 bits per heavy atom. The summed E-state index contributed by atoms with van der Waals surface area (Å²) in [5.41, 5.74) is 0.758. The van der Waals surface area contributed by atoms with Gasteiger partial charge in [0, 0.05) is 5.56 Å². The van der Waals surface area contributed by atoms with Gasteiger partial charge in [-0.1, -0.05) is 12.1 Å². The van der Waals surface area contributed by atoms with Crippen LogP contribution in [0, 0.1) is 5.82 Å². The van der Waals surface area contributed by atoms with Crippen LogP contribution in [0.2, 0.25) is 0 Å². The van der Waals surface area contributed by atoms with Gasteiger partial charge < -0.3 is 9.47 Å². The van der Waals surface area contributed by atoms with Gasteiger partial charge in [0.05, 0.1) is 5.69 Å². The van der Waals surface area contributed by atoms with Crippen molar-refractivity contribution >= 4 is 11.4 Å². The maximum absolute atomic E-state index is 13.7. The Hall–Kier alpha value is -3.42. The van der Waals surface area contributed by atoms with E-state index in [0.29, 0.717) is 36.0 Å². The summed E-state index contributed by atoms with van der Waals surface area (Å²) < 4.78 is 24.7. The van der Waals surface area contributed by atoms with Crippen LogP contribution in [0.4, 0.5) is 15.8 Å². The number of nitrogens with zero attached hydrogens (tertiary/aromatic N) is 2. The Bertz CT molecular complexity index is 1010. The summed E-state index contributed by atoms with van der Waals surface area (Å²) in [4.78, 5) is 12.0. The molecular weight excluding hydrogens is 327 g/mol. The van der Waals surface area contributed by atoms with Gasteiger partial charge in [-0.25, -0.2) is 4.39 Å². The normalized spacial score (nSPS) is 13.3. The zero-order valence-electron chi connectivity index (χ0n) is 13.0. The van der Waals surface area contributed by atoms with Gasteiger partial charge in [-0.15, -0.1) is 10.2 Å². The minimum absolute atomic E-state index is 0.0521. The summed E-state index contributed by atoms with van der Waals surface area (Å²) in [6.07, 6.45) is 0. The average Bonchev–Trinajstić information content (AvgIpc) is 3.01. The fourth-order valence-electron chi connectivity index (χ4n) is 2.49. The second-order valence-corrected chi connectivity index (χ2v) is 5.31. The number of ether oxygens (including phenoxy) is 2. The van der Waals surface area contributed by atoms with E-state index >= 15 is 0 Å². The standard InChI is InChI=1S/C17H13FN4O3/c18-11-3-1-2-4-12(11)19-21-16-15(20-22-17(16)23)10-5-6-13-14(9-10)25-8-7-24-13/h1-6,9H,7-8H2,(H2,20,22,23). The third-order valence-corrected chi connectivity index (χ3v) is 3.69. The molecule has 25 heavy (non-hydrogen) atoms. The SMILES string of the molecule is O=c1[nH][nH]c(-c2ccc3c(c2)OCCO3)c1N=Nc1ccccc1F. The van der Waals surface area contributed by atoms with Crippen LogP contribution in [0.5, 0.6) is 11.5 Å². The lowest BCUT2D eigenvalue weighted by Crippen LogP contribution is -2.15. The minimum Gasteiger partial charge on any atom is -0.486 e. The Morgan fingerprint density at radius 2 is 1.76 bits per heavy atom. The highest BCUT2D eigenvalue weighted by atomic mass is 19.1. The van der Waals surface area contributed by atoms with Gasteiger partial charge in [0.25, 0.3) is 5.56 Å². The number of fused-ring (bicyclic) bond motifs is 1. The van der Waals surface area contributed by atoms with Gasteiger partial charge in [-0.2, -0.15) is 0 Å². The lowest BCUT2D eigenvalue weighted by atomic mass is 10.1. The third kappa shape index (κ3) is 2.89. The van der Waals surface area contributed by atoms with Crippen LogP contribution in [0.3, 0.4) is 0 Å². The van der Waals surface area contributed by atoms with Gasteiger partial charge in [-0.3, -0.25) is 15.0 Å². The number of azo groups is 1. The van der Waals surface area contributed by atoms with Crippen LogP contribution < -0.4 is 15.0 Å². The van der Waals surface area contributed by atoms with Crippen molar-refractivity contribution in [3.05, 3.63) is 58.6 Å². The van der Waals surface area contributed by atoms with Crippen LogP contribution in [0.15, 0.2) is 57.5 Å². The molecule has 3 aromatic rings. The maximum atomic E-state index is 13.7. The first-order valence-electron chi connectivity index (χ1n) is 7.59. The van der Waals surface area contributed by atoms with Crippen LogP contribution in [-0.4, -0.2) is 23.4 Å². The molecule has 0 aliphatic carbocycles. The predicted octanol–water partition coefficient (Wildman–Crippen LogP) is 3.70. The molecule has 0 spiro atoms. The van der Waals surface area contributed by atoms with Crippen molar-refractivity contribution in [3.8, 4) is 22.8 Å². The van der Waals surface area contributed by atoms with Crippen LogP contribution in [0.25, 0.3) is 11.3 Å². The smallest absolute Gasteiger partial charge is 0.292 e. The van der Waals surface area contributed by atoms with E-state index in [1.807, 2.05) is 0 Å². The molecule has 0 amide bonds. The monoisotopic (exact) mass is 340 g/mol. The topological polar surface area (TPSA) is 91.8 Å². The van der Waals surface area contributed by atoms with Crippen LogP contribution >= 0.6 is 0 Å². The number of halogens is 1. The fourth-order valence-corrected chi connectivity index (χ4v) is 2.49. The van der Waals surface area contributed by atoms with Crippen LogP contribution in [-0.2, 0) is 0 Å². The number of benzene rings is 2. The number of rotatable bonds is 3. The fraction of sp³-hybridized carbons (Fsp3) is 0.118. The van der Waals surface area contributed by atoms with Gasteiger partial charge in [0.1, 0.15) is 18.9 Å². The van der Waals surface area contributed by atoms with E-state index < -0.39 is 11.4 Å². The molecule has 0 radical (unpaired) electrons. The molecule has 2 heterocycles. The molecule has 1 aliphatic heterocycles. The minimum atomic E-state index is -0.515. The van der Waals surface area contributed by atoms with Crippen molar-refractivity contribution in [2.45, 2.75) is 0 Å². The second kappa shape index (κ2) is 6.23. The van der Waals surface area contributed by atoms with Gasteiger partial charge in [-0.05, 0) is 30.3 Å². The number of H-pyrrole nitrogens is 2. The van der Waals surface area contributed by atoms with Gasteiger partial charge >= 0.3 is 0 Å². The molecule has 2 aromatic carbocycles. The number of aromatic amines is 2. The molecular formula is C17H13FN4O3. The average molecular weight is 340 g/mol. The first kappa shape index (κ1) is 15.1. The lowest BCUT2D eigenvalue weighted by molar-refractivity contribution is 0.171. The quantitative estimate of drug-likeness (QED) is 0.712. The van der Waals surface area contributed by atoms with Gasteiger partial charge in [0.2, 0.25) is 0 Å². The first-order valence-corrected chi connectivity index (χ1v) is 7.59. The molecule has 8 heteroatoms. The molecule has 7 nitrogen and oxygen atoms in total. The Kier molecular flexibility index (Phi) is 3.77. The summed E-state index contributed by atoms with van der Waals surface area (Å²) in [5.74, 6) is 0.712. The summed E-state index contributed by atoms with van der Waals surface area (Å²) in [6, 6.07) is 11.2. The molecule has 0 atom stereocenters. The highest BCUT2D eigenvalue weighted by Crippen LogP contribution is 2.36. The van der Waals surface area contributed by atoms with E-state index in [0.717, 1.165) is 0 Å². The van der Waals surface area contributed by atoms with E-state index in [1.54, 1.807) is 30.3 Å². The zero-order chi connectivity index (χ0) is 17.2. The molecule has 0 saturated heterocycles. The first-order chi connectivity index (χ1) is 12.2. The molecule has 0 bridgehead atoms. The highest BCUT2D eigenvalue weighted by Gasteiger charge is 2.17. The van der Waals surface area contributed by atoms with Crippen molar-refractivity contribution in [2.24, 2.45) is 10.2 Å². The molecule has 4 rings (SSSR count). The Morgan fingerprint density at radius 1 is 0.960 bits per heavy atom. The van der Waals surface area contributed by atoms with E-state index in [2.05, 4.69) is 20.4 Å². The van der Waals surface area contributed by atoms with E-state index in [-0.39, 0.29) is 11.4 Å². The molecule has 1 aromatic heterocycles. The number of hydrogen-bond acceptors (Lipinski definition) is 5. The van der Waals surface area contributed by atoms with Gasteiger partial charge in [0.15, 0.2) is 23.0 Å². The number of hydrogen-bond donors (Lipinski definition) is 2. The van der Waals surface area contributed by atoms with Crippen molar-refractivity contribution in [1.29, 1.82) is 0 Å².